The Hall–Kier alpha value is 2.29. The largest absolute Gasteiger partial charge is 0.107 e. The first-order valence-corrected chi connectivity index (χ1v) is 0. The molecule has 4 heteroatoms. The molecule has 0 aromatic rings. The third-order valence-corrected chi connectivity index (χ3v) is 0. The summed E-state index contributed by atoms with van der Waals surface area (Å²) in [5, 5.41) is 0. The van der Waals surface area contributed by atoms with E-state index in [1.807, 2.05) is 0 Å². The fraction of sp³-hybridized carbons (Fsp3) is 0. The first kappa shape index (κ1) is 33.6. The van der Waals surface area contributed by atoms with Gasteiger partial charge in [-0.05, 0) is 0 Å². The minimum atomic E-state index is 0. The van der Waals surface area contributed by atoms with Crippen LogP contribution in [0.15, 0.2) is 0 Å². The average Bonchev–Trinajstić information content (AvgIpc) is 0. The molecule has 0 amide bonds. The van der Waals surface area contributed by atoms with Crippen LogP contribution in [0.3, 0.4) is 0 Å². The van der Waals surface area contributed by atoms with Crippen molar-refractivity contribution in [2.75, 3.05) is 0 Å². The van der Waals surface area contributed by atoms with Gasteiger partial charge in [-0.3, -0.25) is 0 Å². The van der Waals surface area contributed by atoms with Crippen LogP contribution in [-0.4, -0.2) is 0 Å². The van der Waals surface area contributed by atoms with Crippen LogP contribution in [-0.2, 0) is 51.2 Å². The van der Waals surface area contributed by atoms with E-state index in [2.05, 4.69) is 0 Å². The maximum atomic E-state index is 0. The summed E-state index contributed by atoms with van der Waals surface area (Å²) < 4.78 is 0. The standard InChI is InChI=1S/3Fe.HI/h;;;1H. The monoisotopic (exact) mass is 296 g/mol. The summed E-state index contributed by atoms with van der Waals surface area (Å²) >= 11 is 0. The molecule has 0 aliphatic carbocycles. The molecular weight excluding hydrogens is 294 g/mol. The quantitative estimate of drug-likeness (QED) is 0.454. The Morgan fingerprint density at radius 2 is 0.500 bits per heavy atom. The minimum absolute atomic E-state index is 0. The first-order chi connectivity index (χ1) is 0. The summed E-state index contributed by atoms with van der Waals surface area (Å²) in [5.41, 5.74) is 0. The van der Waals surface area contributed by atoms with Crippen LogP contribution in [0.5, 0.6) is 0 Å². The maximum absolute atomic E-state index is 0. The van der Waals surface area contributed by atoms with Gasteiger partial charge in [-0.15, -0.1) is 24.0 Å². The van der Waals surface area contributed by atoms with E-state index in [0.717, 1.165) is 0 Å². The predicted octanol–water partition coefficient (Wildman–Crippen LogP) is 0.611. The van der Waals surface area contributed by atoms with Crippen molar-refractivity contribution in [2.45, 2.75) is 0 Å². The van der Waals surface area contributed by atoms with Crippen molar-refractivity contribution in [3.8, 4) is 0 Å². The summed E-state index contributed by atoms with van der Waals surface area (Å²) in [7, 11) is 0. The van der Waals surface area contributed by atoms with Crippen molar-refractivity contribution < 1.29 is 51.2 Å². The fourth-order valence-electron chi connectivity index (χ4n) is 0. The van der Waals surface area contributed by atoms with Crippen LogP contribution in [0.4, 0.5) is 0 Å². The van der Waals surface area contributed by atoms with Crippen molar-refractivity contribution in [1.82, 2.24) is 0 Å². The first-order valence-electron chi connectivity index (χ1n) is 0. The average molecular weight is 295 g/mol. The zero-order valence-electron chi connectivity index (χ0n) is 1.47. The van der Waals surface area contributed by atoms with E-state index in [4.69, 9.17) is 0 Å². The van der Waals surface area contributed by atoms with Gasteiger partial charge in [0.1, 0.15) is 0 Å². The van der Waals surface area contributed by atoms with Crippen LogP contribution >= 0.6 is 24.0 Å². The molecule has 0 spiro atoms. The Balaban J connectivity index is 0. The van der Waals surface area contributed by atoms with Crippen molar-refractivity contribution in [2.24, 2.45) is 0 Å². The zero-order chi connectivity index (χ0) is 0. The van der Waals surface area contributed by atoms with Gasteiger partial charge in [-0.2, -0.15) is 0 Å². The van der Waals surface area contributed by atoms with Crippen molar-refractivity contribution in [3.63, 3.8) is 0 Å². The number of halogens is 1. The van der Waals surface area contributed by atoms with E-state index in [-0.39, 0.29) is 75.2 Å². The molecule has 0 bridgehead atoms. The molecular formula is HFe3I. The Morgan fingerprint density at radius 1 is 0.500 bits per heavy atom. The smallest absolute Gasteiger partial charge is 0 e. The SMILES string of the molecule is I.[Fe].[Fe].[Fe]. The van der Waals surface area contributed by atoms with Gasteiger partial charge in [-0.1, -0.05) is 0 Å². The Kier molecular flexibility index (Phi) is 156. The second kappa shape index (κ2) is 18.6. The fourth-order valence-corrected chi connectivity index (χ4v) is 0. The van der Waals surface area contributed by atoms with E-state index < -0.39 is 0 Å². The summed E-state index contributed by atoms with van der Waals surface area (Å²) in [6, 6.07) is 0. The van der Waals surface area contributed by atoms with Gasteiger partial charge >= 0.3 is 0 Å². The number of hydrogen-bond acceptors (Lipinski definition) is 0. The molecule has 32 valence electrons. The van der Waals surface area contributed by atoms with Gasteiger partial charge in [0.2, 0.25) is 0 Å². The zero-order valence-corrected chi connectivity index (χ0v) is 7.11. The Morgan fingerprint density at radius 3 is 0.500 bits per heavy atom. The van der Waals surface area contributed by atoms with Gasteiger partial charge in [0.05, 0.1) is 0 Å². The molecule has 0 saturated heterocycles. The molecule has 0 fully saturated rings. The maximum Gasteiger partial charge on any atom is 0 e. The second-order valence-electron chi connectivity index (χ2n) is 0. The molecule has 0 radical (unpaired) electrons. The van der Waals surface area contributed by atoms with E-state index in [9.17, 15) is 0 Å². The van der Waals surface area contributed by atoms with Gasteiger partial charge in [0.15, 0.2) is 0 Å². The summed E-state index contributed by atoms with van der Waals surface area (Å²) in [5.74, 6) is 0. The molecule has 0 rings (SSSR count). The molecule has 0 unspecified atom stereocenters. The molecule has 0 aromatic heterocycles. The molecule has 0 aliphatic rings. The molecule has 0 heterocycles. The Labute approximate surface area is 74.3 Å². The molecule has 0 nitrogen and oxygen atoms in total. The summed E-state index contributed by atoms with van der Waals surface area (Å²) in [6.45, 7) is 0. The molecule has 0 atom stereocenters. The third kappa shape index (κ3) is 8.86. The van der Waals surface area contributed by atoms with Crippen LogP contribution in [0, 0.1) is 0 Å². The van der Waals surface area contributed by atoms with Crippen LogP contribution in [0.25, 0.3) is 0 Å². The summed E-state index contributed by atoms with van der Waals surface area (Å²) in [6.07, 6.45) is 0. The van der Waals surface area contributed by atoms with Gasteiger partial charge < -0.3 is 0 Å². The van der Waals surface area contributed by atoms with Crippen molar-refractivity contribution >= 4 is 24.0 Å². The van der Waals surface area contributed by atoms with Crippen LogP contribution < -0.4 is 0 Å². The van der Waals surface area contributed by atoms with E-state index in [1.165, 1.54) is 0 Å². The molecule has 4 heavy (non-hydrogen) atoms. The predicted molar refractivity (Wildman–Crippen MR) is 15.4 cm³/mol. The molecule has 0 aromatic carbocycles. The second-order valence-corrected chi connectivity index (χ2v) is 0. The van der Waals surface area contributed by atoms with Gasteiger partial charge in [-0.25, -0.2) is 0 Å². The van der Waals surface area contributed by atoms with Crippen LogP contribution in [0.2, 0.25) is 0 Å². The minimum Gasteiger partial charge on any atom is -0.107 e. The van der Waals surface area contributed by atoms with E-state index in [0.29, 0.717) is 0 Å². The molecule has 0 aliphatic heterocycles. The third-order valence-electron chi connectivity index (χ3n) is 0. The van der Waals surface area contributed by atoms with Crippen molar-refractivity contribution in [1.29, 1.82) is 0 Å². The normalized spacial score (nSPS) is 0. The van der Waals surface area contributed by atoms with E-state index >= 15 is 0 Å². The number of hydrogen-bond donors (Lipinski definition) is 0. The topological polar surface area (TPSA) is 0 Å². The van der Waals surface area contributed by atoms with Gasteiger partial charge in [0, 0.05) is 51.2 Å². The number of rotatable bonds is 0. The van der Waals surface area contributed by atoms with Crippen molar-refractivity contribution in [3.05, 3.63) is 0 Å². The molecule has 0 saturated carbocycles. The summed E-state index contributed by atoms with van der Waals surface area (Å²) in [4.78, 5) is 0. The molecule has 0 N–H and O–H groups in total. The van der Waals surface area contributed by atoms with E-state index in [1.54, 1.807) is 0 Å². The van der Waals surface area contributed by atoms with Crippen LogP contribution in [0.1, 0.15) is 0 Å². The van der Waals surface area contributed by atoms with Gasteiger partial charge in [0.25, 0.3) is 0 Å². The Bertz CT molecular complexity index is 3.25.